The Hall–Kier alpha value is -2.33. The zero-order chi connectivity index (χ0) is 15.0. The van der Waals surface area contributed by atoms with E-state index in [-0.39, 0.29) is 11.7 Å². The number of rotatable bonds is 2. The maximum Gasteiger partial charge on any atom is 0.272 e. The number of benzene rings is 2. The number of amides is 1. The Bertz CT molecular complexity index is 841. The maximum absolute atomic E-state index is 13.2. The molecule has 0 aliphatic heterocycles. The summed E-state index contributed by atoms with van der Waals surface area (Å²) in [6.45, 7) is 1.86. The molecule has 0 bridgehead atoms. The molecular formula is C16H12ClFN2O. The molecule has 0 saturated carbocycles. The van der Waals surface area contributed by atoms with E-state index >= 15 is 0 Å². The van der Waals surface area contributed by atoms with Gasteiger partial charge < -0.3 is 10.3 Å². The smallest absolute Gasteiger partial charge is 0.272 e. The highest BCUT2D eigenvalue weighted by Crippen LogP contribution is 2.21. The minimum atomic E-state index is -0.343. The summed E-state index contributed by atoms with van der Waals surface area (Å²) >= 11 is 5.88. The van der Waals surface area contributed by atoms with Gasteiger partial charge in [0.1, 0.15) is 11.5 Å². The first-order valence-corrected chi connectivity index (χ1v) is 6.76. The topological polar surface area (TPSA) is 44.9 Å². The third kappa shape index (κ3) is 2.76. The van der Waals surface area contributed by atoms with Gasteiger partial charge in [0, 0.05) is 21.6 Å². The van der Waals surface area contributed by atoms with Crippen LogP contribution in [0.15, 0.2) is 42.5 Å². The number of halogens is 2. The fraction of sp³-hybridized carbons (Fsp3) is 0.0625. The van der Waals surface area contributed by atoms with E-state index in [1.807, 2.05) is 6.92 Å². The molecule has 0 aliphatic rings. The van der Waals surface area contributed by atoms with Crippen LogP contribution in [0.2, 0.25) is 5.02 Å². The fourth-order valence-electron chi connectivity index (χ4n) is 2.18. The lowest BCUT2D eigenvalue weighted by atomic mass is 10.2. The van der Waals surface area contributed by atoms with Crippen molar-refractivity contribution in [2.75, 3.05) is 5.32 Å². The Balaban J connectivity index is 1.89. The standard InChI is InChI=1S/C16H12ClFN2O/c1-9-6-11(17)3-5-13(9)20-16(21)15-7-10-2-4-12(18)8-14(10)19-15/h2-8,19H,1H3,(H,20,21). The summed E-state index contributed by atoms with van der Waals surface area (Å²) in [6.07, 6.45) is 0. The number of hydrogen-bond donors (Lipinski definition) is 2. The lowest BCUT2D eigenvalue weighted by Gasteiger charge is -2.07. The molecule has 0 aliphatic carbocycles. The van der Waals surface area contributed by atoms with Crippen LogP contribution in [-0.4, -0.2) is 10.9 Å². The van der Waals surface area contributed by atoms with Crippen molar-refractivity contribution in [2.24, 2.45) is 0 Å². The van der Waals surface area contributed by atoms with Crippen LogP contribution in [0.4, 0.5) is 10.1 Å². The van der Waals surface area contributed by atoms with Crippen molar-refractivity contribution < 1.29 is 9.18 Å². The van der Waals surface area contributed by atoms with Crippen LogP contribution in [-0.2, 0) is 0 Å². The van der Waals surface area contributed by atoms with E-state index in [0.717, 1.165) is 10.9 Å². The number of hydrogen-bond acceptors (Lipinski definition) is 1. The van der Waals surface area contributed by atoms with E-state index in [9.17, 15) is 9.18 Å². The number of aryl methyl sites for hydroxylation is 1. The summed E-state index contributed by atoms with van der Waals surface area (Å²) in [5.41, 5.74) is 2.53. The highest BCUT2D eigenvalue weighted by Gasteiger charge is 2.11. The lowest BCUT2D eigenvalue weighted by Crippen LogP contribution is -2.13. The number of carbonyl (C=O) groups excluding carboxylic acids is 1. The summed E-state index contributed by atoms with van der Waals surface area (Å²) in [5.74, 6) is -0.623. The van der Waals surface area contributed by atoms with Gasteiger partial charge in [-0.3, -0.25) is 4.79 Å². The first-order chi connectivity index (χ1) is 10.0. The van der Waals surface area contributed by atoms with E-state index in [2.05, 4.69) is 10.3 Å². The Morgan fingerprint density at radius 2 is 2.00 bits per heavy atom. The fourth-order valence-corrected chi connectivity index (χ4v) is 2.41. The highest BCUT2D eigenvalue weighted by atomic mass is 35.5. The Morgan fingerprint density at radius 1 is 1.19 bits per heavy atom. The predicted octanol–water partition coefficient (Wildman–Crippen LogP) is 4.52. The predicted molar refractivity (Wildman–Crippen MR) is 82.4 cm³/mol. The van der Waals surface area contributed by atoms with E-state index in [4.69, 9.17) is 11.6 Å². The van der Waals surface area contributed by atoms with Crippen LogP contribution in [0.5, 0.6) is 0 Å². The number of H-pyrrole nitrogens is 1. The minimum absolute atomic E-state index is 0.281. The molecule has 0 fully saturated rings. The molecule has 106 valence electrons. The first-order valence-electron chi connectivity index (χ1n) is 6.39. The zero-order valence-corrected chi connectivity index (χ0v) is 12.0. The van der Waals surface area contributed by atoms with Crippen LogP contribution in [0, 0.1) is 12.7 Å². The molecule has 3 nitrogen and oxygen atoms in total. The second-order valence-corrected chi connectivity index (χ2v) is 5.26. The molecule has 0 spiro atoms. The van der Waals surface area contributed by atoms with E-state index in [0.29, 0.717) is 21.9 Å². The second kappa shape index (κ2) is 5.22. The SMILES string of the molecule is Cc1cc(Cl)ccc1NC(=O)c1cc2ccc(F)cc2[nH]1. The molecule has 0 unspecified atom stereocenters. The van der Waals surface area contributed by atoms with Crippen LogP contribution >= 0.6 is 11.6 Å². The second-order valence-electron chi connectivity index (χ2n) is 4.83. The van der Waals surface area contributed by atoms with E-state index in [1.165, 1.54) is 12.1 Å². The van der Waals surface area contributed by atoms with Crippen molar-refractivity contribution >= 4 is 34.1 Å². The summed E-state index contributed by atoms with van der Waals surface area (Å²) in [7, 11) is 0. The van der Waals surface area contributed by atoms with Crippen molar-refractivity contribution in [1.29, 1.82) is 0 Å². The normalized spacial score (nSPS) is 10.8. The third-order valence-electron chi connectivity index (χ3n) is 3.27. The minimum Gasteiger partial charge on any atom is -0.350 e. The molecule has 0 saturated heterocycles. The Kier molecular flexibility index (Phi) is 3.39. The zero-order valence-electron chi connectivity index (χ0n) is 11.2. The maximum atomic E-state index is 13.2. The molecule has 0 atom stereocenters. The summed E-state index contributed by atoms with van der Waals surface area (Å²) in [6, 6.07) is 11.3. The van der Waals surface area contributed by atoms with Crippen molar-refractivity contribution in [1.82, 2.24) is 4.98 Å². The molecule has 3 aromatic rings. The van der Waals surface area contributed by atoms with Gasteiger partial charge >= 0.3 is 0 Å². The Morgan fingerprint density at radius 3 is 2.76 bits per heavy atom. The van der Waals surface area contributed by atoms with Gasteiger partial charge in [0.15, 0.2) is 0 Å². The third-order valence-corrected chi connectivity index (χ3v) is 3.50. The van der Waals surface area contributed by atoms with Crippen molar-refractivity contribution in [3.8, 4) is 0 Å². The quantitative estimate of drug-likeness (QED) is 0.718. The van der Waals surface area contributed by atoms with Gasteiger partial charge in [-0.1, -0.05) is 11.6 Å². The molecule has 21 heavy (non-hydrogen) atoms. The van der Waals surface area contributed by atoms with Gasteiger partial charge in [0.2, 0.25) is 0 Å². The van der Waals surface area contributed by atoms with Gasteiger partial charge in [-0.25, -0.2) is 4.39 Å². The van der Waals surface area contributed by atoms with E-state index in [1.54, 1.807) is 30.3 Å². The van der Waals surface area contributed by atoms with Crippen LogP contribution in [0.25, 0.3) is 10.9 Å². The summed E-state index contributed by atoms with van der Waals surface area (Å²) in [4.78, 5) is 15.1. The van der Waals surface area contributed by atoms with Gasteiger partial charge in [0.25, 0.3) is 5.91 Å². The number of aromatic nitrogens is 1. The largest absolute Gasteiger partial charge is 0.350 e. The number of nitrogens with one attached hydrogen (secondary N) is 2. The Labute approximate surface area is 125 Å². The molecule has 2 N–H and O–H groups in total. The highest BCUT2D eigenvalue weighted by molar-refractivity contribution is 6.30. The number of anilines is 1. The van der Waals surface area contributed by atoms with Crippen molar-refractivity contribution in [2.45, 2.75) is 6.92 Å². The van der Waals surface area contributed by atoms with Crippen molar-refractivity contribution in [3.05, 3.63) is 64.6 Å². The molecule has 0 radical (unpaired) electrons. The van der Waals surface area contributed by atoms with Crippen LogP contribution in [0.3, 0.4) is 0 Å². The molecular weight excluding hydrogens is 291 g/mol. The van der Waals surface area contributed by atoms with Gasteiger partial charge in [-0.15, -0.1) is 0 Å². The lowest BCUT2D eigenvalue weighted by molar-refractivity contribution is 0.102. The average Bonchev–Trinajstić information content (AvgIpc) is 2.85. The summed E-state index contributed by atoms with van der Waals surface area (Å²) in [5, 5.41) is 4.21. The first kappa shape index (κ1) is 13.6. The molecule has 1 heterocycles. The molecule has 5 heteroatoms. The average molecular weight is 303 g/mol. The monoisotopic (exact) mass is 302 g/mol. The number of fused-ring (bicyclic) bond motifs is 1. The van der Waals surface area contributed by atoms with Gasteiger partial charge in [0.05, 0.1) is 0 Å². The number of carbonyl (C=O) groups is 1. The van der Waals surface area contributed by atoms with Crippen LogP contribution in [0.1, 0.15) is 16.1 Å². The van der Waals surface area contributed by atoms with Gasteiger partial charge in [-0.05, 0) is 55.0 Å². The van der Waals surface area contributed by atoms with Crippen molar-refractivity contribution in [3.63, 3.8) is 0 Å². The molecule has 1 aromatic heterocycles. The molecule has 3 rings (SSSR count). The molecule has 2 aromatic carbocycles. The van der Waals surface area contributed by atoms with E-state index < -0.39 is 0 Å². The van der Waals surface area contributed by atoms with Gasteiger partial charge in [-0.2, -0.15) is 0 Å². The van der Waals surface area contributed by atoms with Crippen LogP contribution < -0.4 is 5.32 Å². The summed E-state index contributed by atoms with van der Waals surface area (Å²) < 4.78 is 13.2. The molecule has 1 amide bonds. The number of aromatic amines is 1.